The molecule has 0 unspecified atom stereocenters. The van der Waals surface area contributed by atoms with Gasteiger partial charge in [-0.15, -0.1) is 0 Å². The number of esters is 1. The highest BCUT2D eigenvalue weighted by atomic mass is 32.1. The van der Waals surface area contributed by atoms with Crippen LogP contribution in [0.15, 0.2) is 0 Å². The van der Waals surface area contributed by atoms with E-state index in [0.29, 0.717) is 0 Å². The van der Waals surface area contributed by atoms with E-state index in [9.17, 15) is 4.79 Å². The Bertz CT molecular complexity index is 438. The third-order valence-electron chi connectivity index (χ3n) is 3.31. The van der Waals surface area contributed by atoms with Crippen LogP contribution >= 0.6 is 12.2 Å². The molecule has 0 radical (unpaired) electrons. The number of carbonyl (C=O) groups excluding carboxylic acids is 1. The van der Waals surface area contributed by atoms with Gasteiger partial charge in [0.1, 0.15) is 12.7 Å². The van der Waals surface area contributed by atoms with Crippen LogP contribution < -0.4 is 0 Å². The normalized spacial score (nSPS) is 42.0. The molecular formula is C12H16O7S. The fourth-order valence-corrected chi connectivity index (χ4v) is 2.82. The van der Waals surface area contributed by atoms with E-state index in [4.69, 9.17) is 40.6 Å². The molecule has 7 nitrogen and oxygen atoms in total. The SMILES string of the molecule is CC(=O)O[C@H]1[C@H]2OC(C)(C)O[C@@H]2O[C@@H]1[C@@H]1COC(=S)O1. The first-order valence-corrected chi connectivity index (χ1v) is 6.78. The Labute approximate surface area is 121 Å². The van der Waals surface area contributed by atoms with Gasteiger partial charge in [-0.2, -0.15) is 0 Å². The second kappa shape index (κ2) is 4.80. The quantitative estimate of drug-likeness (QED) is 0.539. The smallest absolute Gasteiger partial charge is 0.352 e. The Morgan fingerprint density at radius 3 is 2.70 bits per heavy atom. The average molecular weight is 304 g/mol. The number of rotatable bonds is 2. The first kappa shape index (κ1) is 14.0. The van der Waals surface area contributed by atoms with Gasteiger partial charge < -0.3 is 28.4 Å². The van der Waals surface area contributed by atoms with E-state index in [0.717, 1.165) is 0 Å². The Morgan fingerprint density at radius 2 is 2.10 bits per heavy atom. The largest absolute Gasteiger partial charge is 0.457 e. The molecule has 112 valence electrons. The van der Waals surface area contributed by atoms with Crippen LogP contribution in [0.1, 0.15) is 20.8 Å². The van der Waals surface area contributed by atoms with Crippen molar-refractivity contribution in [3.05, 3.63) is 0 Å². The molecule has 0 aromatic carbocycles. The van der Waals surface area contributed by atoms with Gasteiger partial charge >= 0.3 is 11.2 Å². The van der Waals surface area contributed by atoms with E-state index in [1.807, 2.05) is 0 Å². The molecule has 3 heterocycles. The van der Waals surface area contributed by atoms with Gasteiger partial charge in [0, 0.05) is 19.1 Å². The van der Waals surface area contributed by atoms with Gasteiger partial charge in [-0.1, -0.05) is 0 Å². The van der Waals surface area contributed by atoms with Gasteiger partial charge in [0.15, 0.2) is 30.4 Å². The van der Waals surface area contributed by atoms with E-state index < -0.39 is 42.5 Å². The standard InChI is InChI=1S/C12H16O7S/c1-5(13)15-8-7(6-4-14-11(20)16-6)17-10-9(8)18-12(2,3)19-10/h6-10H,4H2,1-3H3/t6-,7+,8+,9+,10-/m0/s1. The second-order valence-electron chi connectivity index (χ2n) is 5.36. The highest BCUT2D eigenvalue weighted by Crippen LogP contribution is 2.40. The number of hydrogen-bond donors (Lipinski definition) is 0. The Balaban J connectivity index is 1.78. The summed E-state index contributed by atoms with van der Waals surface area (Å²) in [7, 11) is 0. The summed E-state index contributed by atoms with van der Waals surface area (Å²) in [5, 5.41) is 0.0689. The van der Waals surface area contributed by atoms with Crippen molar-refractivity contribution < 1.29 is 33.2 Å². The maximum atomic E-state index is 11.3. The number of ether oxygens (including phenoxy) is 6. The van der Waals surface area contributed by atoms with Gasteiger partial charge in [-0.05, 0) is 13.8 Å². The predicted molar refractivity (Wildman–Crippen MR) is 67.7 cm³/mol. The second-order valence-corrected chi connectivity index (χ2v) is 5.69. The number of fused-ring (bicyclic) bond motifs is 1. The lowest BCUT2D eigenvalue weighted by Gasteiger charge is -2.27. The minimum Gasteiger partial charge on any atom is -0.457 e. The van der Waals surface area contributed by atoms with Crippen LogP contribution in [0.4, 0.5) is 0 Å². The molecule has 0 N–H and O–H groups in total. The maximum absolute atomic E-state index is 11.3. The first-order chi connectivity index (χ1) is 9.35. The highest BCUT2D eigenvalue weighted by molar-refractivity contribution is 7.79. The van der Waals surface area contributed by atoms with Gasteiger partial charge in [0.2, 0.25) is 0 Å². The molecule has 0 spiro atoms. The molecule has 20 heavy (non-hydrogen) atoms. The van der Waals surface area contributed by atoms with Crippen LogP contribution in [0, 0.1) is 0 Å². The number of thiocarbonyl (C=S) groups is 1. The molecule has 3 aliphatic heterocycles. The van der Waals surface area contributed by atoms with Crippen molar-refractivity contribution in [2.75, 3.05) is 6.61 Å². The van der Waals surface area contributed by atoms with Crippen LogP contribution in [-0.2, 0) is 33.2 Å². The molecule has 3 saturated heterocycles. The summed E-state index contributed by atoms with van der Waals surface area (Å²) in [5.74, 6) is -1.19. The third-order valence-corrected chi connectivity index (χ3v) is 3.52. The average Bonchev–Trinajstić information content (AvgIpc) is 2.93. The molecule has 3 aliphatic rings. The zero-order valence-corrected chi connectivity index (χ0v) is 12.2. The molecule has 3 rings (SSSR count). The van der Waals surface area contributed by atoms with E-state index in [-0.39, 0.29) is 11.8 Å². The van der Waals surface area contributed by atoms with Crippen molar-refractivity contribution >= 4 is 23.4 Å². The summed E-state index contributed by atoms with van der Waals surface area (Å²) in [5.41, 5.74) is 0. The zero-order chi connectivity index (χ0) is 14.5. The Kier molecular flexibility index (Phi) is 3.36. The number of carbonyl (C=O) groups is 1. The topological polar surface area (TPSA) is 72.5 Å². The molecule has 3 fully saturated rings. The predicted octanol–water partition coefficient (Wildman–Crippen LogP) is 0.495. The van der Waals surface area contributed by atoms with Gasteiger partial charge in [0.25, 0.3) is 0 Å². The summed E-state index contributed by atoms with van der Waals surface area (Å²) in [6, 6.07) is 0. The van der Waals surface area contributed by atoms with Crippen molar-refractivity contribution in [3.8, 4) is 0 Å². The molecular weight excluding hydrogens is 288 g/mol. The van der Waals surface area contributed by atoms with E-state index in [1.54, 1.807) is 13.8 Å². The fraction of sp³-hybridized carbons (Fsp3) is 0.833. The van der Waals surface area contributed by atoms with Gasteiger partial charge in [0.05, 0.1) is 0 Å². The fourth-order valence-electron chi connectivity index (χ4n) is 2.63. The van der Waals surface area contributed by atoms with Crippen LogP contribution in [0.5, 0.6) is 0 Å². The molecule has 0 aliphatic carbocycles. The molecule has 5 atom stereocenters. The van der Waals surface area contributed by atoms with Crippen molar-refractivity contribution in [3.63, 3.8) is 0 Å². The lowest BCUT2D eigenvalue weighted by Crippen LogP contribution is -2.44. The number of hydrogen-bond acceptors (Lipinski definition) is 8. The Hall–Kier alpha value is -0.960. The third kappa shape index (κ3) is 2.48. The minimum atomic E-state index is -0.777. The highest BCUT2D eigenvalue weighted by Gasteiger charge is 2.59. The Morgan fingerprint density at radius 1 is 1.35 bits per heavy atom. The summed E-state index contributed by atoms with van der Waals surface area (Å²) < 4.78 is 33.0. The van der Waals surface area contributed by atoms with Crippen molar-refractivity contribution in [1.82, 2.24) is 0 Å². The summed E-state index contributed by atoms with van der Waals surface area (Å²) >= 11 is 4.83. The monoisotopic (exact) mass is 304 g/mol. The van der Waals surface area contributed by atoms with Gasteiger partial charge in [-0.3, -0.25) is 4.79 Å². The molecule has 8 heteroatoms. The van der Waals surface area contributed by atoms with Crippen molar-refractivity contribution in [2.45, 2.75) is 57.3 Å². The minimum absolute atomic E-state index is 0.0689. The van der Waals surface area contributed by atoms with Crippen LogP contribution in [-0.4, -0.2) is 54.3 Å². The van der Waals surface area contributed by atoms with Crippen molar-refractivity contribution in [1.29, 1.82) is 0 Å². The lowest BCUT2D eigenvalue weighted by atomic mass is 10.1. The molecule has 0 aromatic rings. The van der Waals surface area contributed by atoms with E-state index in [1.165, 1.54) is 6.92 Å². The zero-order valence-electron chi connectivity index (χ0n) is 11.4. The van der Waals surface area contributed by atoms with Gasteiger partial charge in [-0.25, -0.2) is 0 Å². The summed E-state index contributed by atoms with van der Waals surface area (Å²) in [6.45, 7) is 5.14. The summed E-state index contributed by atoms with van der Waals surface area (Å²) in [4.78, 5) is 11.3. The van der Waals surface area contributed by atoms with Crippen LogP contribution in [0.3, 0.4) is 0 Å². The maximum Gasteiger partial charge on any atom is 0.352 e. The van der Waals surface area contributed by atoms with Crippen LogP contribution in [0.25, 0.3) is 0 Å². The first-order valence-electron chi connectivity index (χ1n) is 6.37. The lowest BCUT2D eigenvalue weighted by molar-refractivity contribution is -0.226. The summed E-state index contributed by atoms with van der Waals surface area (Å²) in [6.07, 6.45) is -2.68. The van der Waals surface area contributed by atoms with E-state index >= 15 is 0 Å². The molecule has 0 amide bonds. The molecule has 0 aromatic heterocycles. The van der Waals surface area contributed by atoms with E-state index in [2.05, 4.69) is 0 Å². The van der Waals surface area contributed by atoms with Crippen LogP contribution in [0.2, 0.25) is 0 Å². The van der Waals surface area contributed by atoms with Crippen molar-refractivity contribution in [2.24, 2.45) is 0 Å². The molecule has 0 bridgehead atoms. The molecule has 0 saturated carbocycles.